The molecule has 7 nitrogen and oxygen atoms in total. The Morgan fingerprint density at radius 3 is 2.17 bits per heavy atom. The molecule has 154 valence electrons. The van der Waals surface area contributed by atoms with Gasteiger partial charge >= 0.3 is 12.0 Å². The van der Waals surface area contributed by atoms with Gasteiger partial charge in [-0.1, -0.05) is 53.5 Å². The van der Waals surface area contributed by atoms with Crippen molar-refractivity contribution in [1.29, 1.82) is 0 Å². The lowest BCUT2D eigenvalue weighted by Crippen LogP contribution is -2.30. The Balaban J connectivity index is 2.12. The van der Waals surface area contributed by atoms with Crippen molar-refractivity contribution in [3.05, 3.63) is 75.4 Å². The van der Waals surface area contributed by atoms with Gasteiger partial charge in [-0.2, -0.15) is 0 Å². The quantitative estimate of drug-likeness (QED) is 0.186. The molecular weight excluding hydrogens is 431 g/mol. The summed E-state index contributed by atoms with van der Waals surface area (Å²) in [5, 5.41) is 2.71. The van der Waals surface area contributed by atoms with Crippen LogP contribution in [-0.2, 0) is 14.3 Å². The molecule has 2 aromatic carbocycles. The van der Waals surface area contributed by atoms with Crippen LogP contribution >= 0.6 is 23.2 Å². The molecule has 0 bridgehead atoms. The van der Waals surface area contributed by atoms with E-state index in [1.807, 2.05) is 0 Å². The first-order valence-corrected chi connectivity index (χ1v) is 9.61. The number of rotatable bonds is 5. The zero-order valence-corrected chi connectivity index (χ0v) is 17.5. The van der Waals surface area contributed by atoms with Crippen LogP contribution in [0.1, 0.15) is 24.2 Å². The highest BCUT2D eigenvalue weighted by molar-refractivity contribution is 6.37. The maximum absolute atomic E-state index is 13.0. The average Bonchev–Trinajstić information content (AvgIpc) is 2.95. The maximum Gasteiger partial charge on any atom is 0.344 e. The number of hydrogen-bond acceptors (Lipinski definition) is 5. The van der Waals surface area contributed by atoms with E-state index < -0.39 is 41.1 Å². The molecule has 9 heteroatoms. The van der Waals surface area contributed by atoms with Crippen LogP contribution in [0.15, 0.2) is 59.8 Å². The summed E-state index contributed by atoms with van der Waals surface area (Å²) in [6.45, 7) is 3.20. The first-order valence-electron chi connectivity index (χ1n) is 8.85. The highest BCUT2D eigenvalue weighted by atomic mass is 35.5. The van der Waals surface area contributed by atoms with Gasteiger partial charge in [0, 0.05) is 15.6 Å². The van der Waals surface area contributed by atoms with Gasteiger partial charge in [0.1, 0.15) is 11.3 Å². The molecule has 0 aliphatic carbocycles. The molecule has 2 aromatic rings. The minimum absolute atomic E-state index is 0.0914. The second-order valence-corrected chi connectivity index (χ2v) is 7.47. The third-order valence-corrected chi connectivity index (χ3v) is 4.45. The van der Waals surface area contributed by atoms with Gasteiger partial charge in [0.25, 0.3) is 5.91 Å². The summed E-state index contributed by atoms with van der Waals surface area (Å²) >= 11 is 11.9. The Morgan fingerprint density at radius 2 is 1.60 bits per heavy atom. The Kier molecular flexibility index (Phi) is 6.24. The lowest BCUT2D eigenvalue weighted by atomic mass is 10.0. The van der Waals surface area contributed by atoms with Crippen LogP contribution in [0.2, 0.25) is 10.0 Å². The molecule has 0 spiro atoms. The van der Waals surface area contributed by atoms with Crippen LogP contribution in [0.4, 0.5) is 10.5 Å². The van der Waals surface area contributed by atoms with Gasteiger partial charge in [-0.05, 0) is 32.0 Å². The minimum atomic E-state index is -1.02. The second kappa shape index (κ2) is 8.69. The number of imide groups is 1. The number of carbonyl (C=O) groups excluding carboxylic acids is 4. The van der Waals surface area contributed by atoms with E-state index >= 15 is 0 Å². The molecule has 0 aromatic heterocycles. The van der Waals surface area contributed by atoms with E-state index in [9.17, 15) is 19.2 Å². The number of nitrogens with zero attached hydrogens (tertiary/aromatic N) is 1. The van der Waals surface area contributed by atoms with E-state index in [4.69, 9.17) is 27.9 Å². The minimum Gasteiger partial charge on any atom is -0.459 e. The molecule has 1 heterocycles. The SMILES string of the molecule is CC(C)OC(=O)C(C(=O)c1ccccc1)=C1NC(=O)N(c2cc(Cl)cc(Cl)c2)C1=O. The summed E-state index contributed by atoms with van der Waals surface area (Å²) in [7, 11) is 0. The van der Waals surface area contributed by atoms with Gasteiger partial charge < -0.3 is 10.1 Å². The van der Waals surface area contributed by atoms with E-state index in [1.165, 1.54) is 30.3 Å². The summed E-state index contributed by atoms with van der Waals surface area (Å²) in [5.74, 6) is -2.68. The Morgan fingerprint density at radius 1 is 1.00 bits per heavy atom. The first kappa shape index (κ1) is 21.5. The molecule has 0 unspecified atom stereocenters. The maximum atomic E-state index is 13.0. The monoisotopic (exact) mass is 446 g/mol. The van der Waals surface area contributed by atoms with Gasteiger partial charge in [-0.15, -0.1) is 0 Å². The van der Waals surface area contributed by atoms with E-state index in [2.05, 4.69) is 5.32 Å². The summed E-state index contributed by atoms with van der Waals surface area (Å²) in [5.41, 5.74) is -0.791. The lowest BCUT2D eigenvalue weighted by Gasteiger charge is -2.14. The molecule has 30 heavy (non-hydrogen) atoms. The van der Waals surface area contributed by atoms with Gasteiger partial charge in [0.05, 0.1) is 11.8 Å². The van der Waals surface area contributed by atoms with Crippen molar-refractivity contribution in [3.63, 3.8) is 0 Å². The summed E-state index contributed by atoms with van der Waals surface area (Å²) < 4.78 is 5.15. The zero-order valence-electron chi connectivity index (χ0n) is 15.9. The number of esters is 1. The third kappa shape index (κ3) is 4.37. The second-order valence-electron chi connectivity index (χ2n) is 6.60. The fraction of sp³-hybridized carbons (Fsp3) is 0.143. The first-order chi connectivity index (χ1) is 14.2. The number of hydrogen-bond donors (Lipinski definition) is 1. The van der Waals surface area contributed by atoms with Gasteiger partial charge in [0.2, 0.25) is 5.78 Å². The summed E-state index contributed by atoms with van der Waals surface area (Å²) in [6, 6.07) is 11.2. The highest BCUT2D eigenvalue weighted by Crippen LogP contribution is 2.29. The van der Waals surface area contributed by atoms with Crippen molar-refractivity contribution in [2.45, 2.75) is 20.0 Å². The lowest BCUT2D eigenvalue weighted by molar-refractivity contribution is -0.142. The Labute approximate surface area is 182 Å². The van der Waals surface area contributed by atoms with Crippen LogP contribution in [0.3, 0.4) is 0 Å². The zero-order chi connectivity index (χ0) is 22.0. The van der Waals surface area contributed by atoms with E-state index in [-0.39, 0.29) is 21.3 Å². The van der Waals surface area contributed by atoms with Gasteiger partial charge in [0.15, 0.2) is 0 Å². The Bertz CT molecular complexity index is 1060. The molecule has 0 radical (unpaired) electrons. The molecule has 3 rings (SSSR count). The van der Waals surface area contributed by atoms with Crippen LogP contribution in [0.5, 0.6) is 0 Å². The molecule has 1 aliphatic heterocycles. The van der Waals surface area contributed by atoms with Gasteiger partial charge in [-0.25, -0.2) is 14.5 Å². The topological polar surface area (TPSA) is 92.8 Å². The molecular formula is C21H16Cl2N2O5. The van der Waals surface area contributed by atoms with E-state index in [1.54, 1.807) is 32.0 Å². The van der Waals surface area contributed by atoms with Crippen LogP contribution < -0.4 is 10.2 Å². The predicted octanol–water partition coefficient (Wildman–Crippen LogP) is 4.14. The molecule has 0 atom stereocenters. The average molecular weight is 447 g/mol. The fourth-order valence-corrected chi connectivity index (χ4v) is 3.32. The molecule has 1 fully saturated rings. The molecule has 1 saturated heterocycles. The summed E-state index contributed by atoms with van der Waals surface area (Å²) in [6.07, 6.45) is -0.549. The van der Waals surface area contributed by atoms with Crippen LogP contribution in [0, 0.1) is 0 Å². The summed E-state index contributed by atoms with van der Waals surface area (Å²) in [4.78, 5) is 52.1. The standard InChI is InChI=1S/C21H16Cl2N2O5/c1-11(2)30-20(28)16(18(26)12-6-4-3-5-7-12)17-19(27)25(21(29)24-17)15-9-13(22)8-14(23)10-15/h3-11H,1-2H3,(H,24,29). The smallest absolute Gasteiger partial charge is 0.344 e. The van der Waals surface area contributed by atoms with Gasteiger partial charge in [-0.3, -0.25) is 9.59 Å². The van der Waals surface area contributed by atoms with Crippen LogP contribution in [0.25, 0.3) is 0 Å². The number of ketones is 1. The normalized spacial score (nSPS) is 15.3. The van der Waals surface area contributed by atoms with E-state index in [0.29, 0.717) is 0 Å². The Hall–Kier alpha value is -3.16. The number of benzene rings is 2. The number of nitrogens with one attached hydrogen (secondary N) is 1. The van der Waals surface area contributed by atoms with Crippen molar-refractivity contribution in [2.24, 2.45) is 0 Å². The number of anilines is 1. The van der Waals surface area contributed by atoms with Crippen molar-refractivity contribution in [1.82, 2.24) is 5.32 Å². The highest BCUT2D eigenvalue weighted by Gasteiger charge is 2.41. The number of carbonyl (C=O) groups is 4. The number of urea groups is 1. The number of amides is 3. The number of Topliss-reactive ketones (excluding diaryl/α,β-unsaturated/α-hetero) is 1. The molecule has 1 aliphatic rings. The third-order valence-electron chi connectivity index (χ3n) is 4.02. The van der Waals surface area contributed by atoms with Crippen molar-refractivity contribution in [3.8, 4) is 0 Å². The fourth-order valence-electron chi connectivity index (χ4n) is 2.81. The number of halogens is 2. The van der Waals surface area contributed by atoms with Crippen LogP contribution in [-0.4, -0.2) is 29.8 Å². The molecule has 1 N–H and O–H groups in total. The molecule has 0 saturated carbocycles. The predicted molar refractivity (Wildman–Crippen MR) is 112 cm³/mol. The van der Waals surface area contributed by atoms with Crippen molar-refractivity contribution < 1.29 is 23.9 Å². The van der Waals surface area contributed by atoms with E-state index in [0.717, 1.165) is 4.90 Å². The van der Waals surface area contributed by atoms with Crippen molar-refractivity contribution >= 4 is 52.6 Å². The number of ether oxygens (including phenoxy) is 1. The molecule has 3 amide bonds. The largest absolute Gasteiger partial charge is 0.459 e. The van der Waals surface area contributed by atoms with Crippen molar-refractivity contribution in [2.75, 3.05) is 4.90 Å².